The molecule has 0 aromatic carbocycles. The van der Waals surface area contributed by atoms with Crippen LogP contribution in [0.15, 0.2) is 55.7 Å². The Bertz CT molecular complexity index is 192. The van der Waals surface area contributed by atoms with E-state index in [1.807, 2.05) is 24.3 Å². The first kappa shape index (κ1) is 10.7. The largest absolute Gasteiger partial charge is 0.0991 e. The summed E-state index contributed by atoms with van der Waals surface area (Å²) >= 11 is 0. The Labute approximate surface area is 75.3 Å². The molecule has 0 aliphatic heterocycles. The third-order valence-corrected chi connectivity index (χ3v) is 1.19. The summed E-state index contributed by atoms with van der Waals surface area (Å²) in [5.74, 6) is 0. The molecule has 63 valence electrons. The zero-order valence-electron chi connectivity index (χ0n) is 7.37. The molecule has 0 aromatic heterocycles. The Kier molecular flexibility index (Phi) is 8.65. The van der Waals surface area contributed by atoms with Gasteiger partial charge in [0.1, 0.15) is 0 Å². The molecule has 0 spiro atoms. The molecule has 12 heavy (non-hydrogen) atoms. The third-order valence-electron chi connectivity index (χ3n) is 1.19. The van der Waals surface area contributed by atoms with Gasteiger partial charge in [-0.2, -0.15) is 0 Å². The molecule has 0 saturated heterocycles. The lowest BCUT2D eigenvalue weighted by Gasteiger charge is -1.82. The molecular weight excluding hydrogens is 144 g/mol. The molecule has 0 fully saturated rings. The standard InChI is InChI=1S/C12H15/c1-3-5-7-9-11-12-10-8-6-4-2/h3-9H,1-2,10,12H2. The van der Waals surface area contributed by atoms with Gasteiger partial charge in [0.05, 0.1) is 0 Å². The van der Waals surface area contributed by atoms with Gasteiger partial charge >= 0.3 is 0 Å². The maximum atomic E-state index is 3.58. The molecule has 0 heteroatoms. The van der Waals surface area contributed by atoms with Crippen LogP contribution in [-0.2, 0) is 0 Å². The van der Waals surface area contributed by atoms with Crippen LogP contribution in [-0.4, -0.2) is 0 Å². The van der Waals surface area contributed by atoms with Crippen molar-refractivity contribution in [2.75, 3.05) is 0 Å². The fourth-order valence-electron chi connectivity index (χ4n) is 0.645. The summed E-state index contributed by atoms with van der Waals surface area (Å²) in [7, 11) is 0. The van der Waals surface area contributed by atoms with Gasteiger partial charge in [-0.3, -0.25) is 0 Å². The number of hydrogen-bond acceptors (Lipinski definition) is 0. The molecule has 0 aromatic rings. The molecule has 0 N–H and O–H groups in total. The van der Waals surface area contributed by atoms with Crippen molar-refractivity contribution >= 4 is 0 Å². The van der Waals surface area contributed by atoms with Crippen molar-refractivity contribution in [1.29, 1.82) is 0 Å². The second kappa shape index (κ2) is 9.70. The highest BCUT2D eigenvalue weighted by molar-refractivity contribution is 5.07. The highest BCUT2D eigenvalue weighted by Crippen LogP contribution is 1.92. The molecule has 1 radical (unpaired) electrons. The minimum absolute atomic E-state index is 0.950. The molecule has 0 bridgehead atoms. The van der Waals surface area contributed by atoms with Crippen molar-refractivity contribution in [3.8, 4) is 0 Å². The summed E-state index contributed by atoms with van der Waals surface area (Å²) < 4.78 is 0. The molecule has 0 saturated carbocycles. The van der Waals surface area contributed by atoms with E-state index in [0.29, 0.717) is 0 Å². The van der Waals surface area contributed by atoms with Crippen molar-refractivity contribution < 1.29 is 0 Å². The van der Waals surface area contributed by atoms with Gasteiger partial charge in [-0.05, 0) is 18.9 Å². The molecule has 0 aliphatic rings. The van der Waals surface area contributed by atoms with Crippen LogP contribution in [0.2, 0.25) is 0 Å². The molecule has 0 nitrogen and oxygen atoms in total. The SMILES string of the molecule is C=CC=C/C=[C]/CCC=CC=C. The normalized spacial score (nSPS) is 11.7. The quantitative estimate of drug-likeness (QED) is 0.410. The summed E-state index contributed by atoms with van der Waals surface area (Å²) in [5.41, 5.74) is 0. The van der Waals surface area contributed by atoms with Crippen LogP contribution in [0.25, 0.3) is 0 Å². The summed E-state index contributed by atoms with van der Waals surface area (Å²) in [6, 6.07) is 0. The maximum Gasteiger partial charge on any atom is -0.0241 e. The van der Waals surface area contributed by atoms with Crippen molar-refractivity contribution in [2.24, 2.45) is 0 Å². The van der Waals surface area contributed by atoms with E-state index in [1.54, 1.807) is 12.2 Å². The molecule has 0 heterocycles. The highest BCUT2D eigenvalue weighted by atomic mass is 13.8. The Morgan fingerprint density at radius 2 is 1.75 bits per heavy atom. The highest BCUT2D eigenvalue weighted by Gasteiger charge is 1.73. The van der Waals surface area contributed by atoms with Crippen LogP contribution in [0, 0.1) is 6.08 Å². The zero-order chi connectivity index (χ0) is 9.07. The Morgan fingerprint density at radius 1 is 1.00 bits per heavy atom. The summed E-state index contributed by atoms with van der Waals surface area (Å²) in [5, 5.41) is 0. The second-order valence-corrected chi connectivity index (χ2v) is 2.19. The van der Waals surface area contributed by atoms with E-state index in [2.05, 4.69) is 25.3 Å². The first-order valence-electron chi connectivity index (χ1n) is 4.03. The van der Waals surface area contributed by atoms with E-state index in [4.69, 9.17) is 0 Å². The molecular formula is C12H15. The van der Waals surface area contributed by atoms with Crippen molar-refractivity contribution in [3.63, 3.8) is 0 Å². The third kappa shape index (κ3) is 8.70. The van der Waals surface area contributed by atoms with Gasteiger partial charge in [0.15, 0.2) is 0 Å². The van der Waals surface area contributed by atoms with Gasteiger partial charge < -0.3 is 0 Å². The van der Waals surface area contributed by atoms with Crippen molar-refractivity contribution in [3.05, 3.63) is 61.8 Å². The maximum absolute atomic E-state index is 3.58. The summed E-state index contributed by atoms with van der Waals surface area (Å²) in [4.78, 5) is 0. The number of allylic oxidation sites excluding steroid dienone is 8. The van der Waals surface area contributed by atoms with E-state index < -0.39 is 0 Å². The van der Waals surface area contributed by atoms with E-state index >= 15 is 0 Å². The van der Waals surface area contributed by atoms with Gasteiger partial charge in [0.25, 0.3) is 0 Å². The van der Waals surface area contributed by atoms with Gasteiger partial charge in [-0.25, -0.2) is 0 Å². The van der Waals surface area contributed by atoms with Gasteiger partial charge in [0, 0.05) is 0 Å². The Balaban J connectivity index is 3.35. The van der Waals surface area contributed by atoms with Crippen molar-refractivity contribution in [1.82, 2.24) is 0 Å². The predicted molar refractivity (Wildman–Crippen MR) is 55.7 cm³/mol. The molecule has 0 aliphatic carbocycles. The van der Waals surface area contributed by atoms with E-state index in [9.17, 15) is 0 Å². The second-order valence-electron chi connectivity index (χ2n) is 2.19. The smallest absolute Gasteiger partial charge is 0.0241 e. The number of hydrogen-bond donors (Lipinski definition) is 0. The predicted octanol–water partition coefficient (Wildman–Crippen LogP) is 3.61. The fourth-order valence-corrected chi connectivity index (χ4v) is 0.645. The minimum Gasteiger partial charge on any atom is -0.0991 e. The molecule has 0 amide bonds. The molecule has 0 atom stereocenters. The minimum atomic E-state index is 0.950. The summed E-state index contributed by atoms with van der Waals surface area (Å²) in [6.45, 7) is 7.14. The number of rotatable bonds is 6. The average molecular weight is 159 g/mol. The first-order chi connectivity index (χ1) is 5.91. The van der Waals surface area contributed by atoms with Gasteiger partial charge in [-0.1, -0.05) is 55.7 Å². The van der Waals surface area contributed by atoms with E-state index in [-0.39, 0.29) is 0 Å². The lowest BCUT2D eigenvalue weighted by Crippen LogP contribution is -1.63. The lowest BCUT2D eigenvalue weighted by molar-refractivity contribution is 1.03. The first-order valence-corrected chi connectivity index (χ1v) is 4.03. The van der Waals surface area contributed by atoms with Crippen LogP contribution in [0.5, 0.6) is 0 Å². The van der Waals surface area contributed by atoms with Gasteiger partial charge in [0.2, 0.25) is 0 Å². The van der Waals surface area contributed by atoms with Crippen molar-refractivity contribution in [2.45, 2.75) is 12.8 Å². The molecule has 0 rings (SSSR count). The topological polar surface area (TPSA) is 0 Å². The van der Waals surface area contributed by atoms with Crippen LogP contribution in [0.3, 0.4) is 0 Å². The Morgan fingerprint density at radius 3 is 2.42 bits per heavy atom. The average Bonchev–Trinajstić information content (AvgIpc) is 2.10. The Hall–Kier alpha value is -1.30. The van der Waals surface area contributed by atoms with Crippen LogP contribution in [0.4, 0.5) is 0 Å². The zero-order valence-corrected chi connectivity index (χ0v) is 7.37. The van der Waals surface area contributed by atoms with Crippen LogP contribution < -0.4 is 0 Å². The van der Waals surface area contributed by atoms with Crippen LogP contribution >= 0.6 is 0 Å². The van der Waals surface area contributed by atoms with E-state index in [0.717, 1.165) is 12.8 Å². The number of unbranched alkanes of at least 4 members (excludes halogenated alkanes) is 1. The van der Waals surface area contributed by atoms with Crippen LogP contribution in [0.1, 0.15) is 12.8 Å². The van der Waals surface area contributed by atoms with E-state index in [1.165, 1.54) is 0 Å². The fraction of sp³-hybridized carbons (Fsp3) is 0.167. The molecule has 0 unspecified atom stereocenters. The summed E-state index contributed by atoms with van der Waals surface area (Å²) in [6.07, 6.45) is 18.4. The lowest BCUT2D eigenvalue weighted by atomic mass is 10.2. The van der Waals surface area contributed by atoms with Gasteiger partial charge in [-0.15, -0.1) is 0 Å². The monoisotopic (exact) mass is 159 g/mol.